The highest BCUT2D eigenvalue weighted by molar-refractivity contribution is 6.03. The molecule has 33 heavy (non-hydrogen) atoms. The van der Waals surface area contributed by atoms with Crippen LogP contribution >= 0.6 is 0 Å². The molecule has 1 amide bonds. The second kappa shape index (κ2) is 9.40. The van der Waals surface area contributed by atoms with E-state index >= 15 is 0 Å². The first-order valence-electron chi connectivity index (χ1n) is 10.2. The van der Waals surface area contributed by atoms with Gasteiger partial charge in [0.1, 0.15) is 5.75 Å². The van der Waals surface area contributed by atoms with Crippen molar-refractivity contribution in [2.24, 2.45) is 5.16 Å². The molecule has 0 spiro atoms. The number of nitrogens with zero attached hydrogens (tertiary/aromatic N) is 2. The molecule has 2 heterocycles. The first-order chi connectivity index (χ1) is 15.8. The Labute approximate surface area is 188 Å². The number of oxime groups is 1. The standard InChI is InChI=1S/C24H21F3N2O4/c1-31-21-6-3-2-5-19(21)20-13-18(33-28-20)15-29(23(30)22-7-4-12-32-22)14-16-8-10-17(11-9-16)24(25,26)27/h2-12,18H,13-15H2,1H3. The van der Waals surface area contributed by atoms with Crippen LogP contribution in [0.15, 0.2) is 76.5 Å². The van der Waals surface area contributed by atoms with Crippen molar-refractivity contribution in [2.45, 2.75) is 25.2 Å². The van der Waals surface area contributed by atoms with Crippen molar-refractivity contribution in [1.82, 2.24) is 4.90 Å². The van der Waals surface area contributed by atoms with E-state index < -0.39 is 23.8 Å². The zero-order chi connectivity index (χ0) is 23.4. The Morgan fingerprint density at radius 3 is 2.55 bits per heavy atom. The summed E-state index contributed by atoms with van der Waals surface area (Å²) in [6.45, 7) is 0.254. The van der Waals surface area contributed by atoms with E-state index in [9.17, 15) is 18.0 Å². The first-order valence-corrected chi connectivity index (χ1v) is 10.2. The number of amides is 1. The Balaban J connectivity index is 1.50. The highest BCUT2D eigenvalue weighted by Gasteiger charge is 2.31. The lowest BCUT2D eigenvalue weighted by Gasteiger charge is -2.24. The summed E-state index contributed by atoms with van der Waals surface area (Å²) in [6, 6.07) is 15.3. The molecular weight excluding hydrogens is 437 g/mol. The van der Waals surface area contributed by atoms with E-state index in [1.807, 2.05) is 24.3 Å². The minimum Gasteiger partial charge on any atom is -0.496 e. The van der Waals surface area contributed by atoms with Gasteiger partial charge in [-0.15, -0.1) is 0 Å². The number of para-hydroxylation sites is 1. The van der Waals surface area contributed by atoms with Crippen molar-refractivity contribution < 1.29 is 32.0 Å². The van der Waals surface area contributed by atoms with E-state index in [0.29, 0.717) is 23.4 Å². The normalized spacial score (nSPS) is 15.6. The summed E-state index contributed by atoms with van der Waals surface area (Å²) in [6.07, 6.45) is -3.03. The van der Waals surface area contributed by atoms with E-state index in [1.54, 1.807) is 13.2 Å². The number of hydrogen-bond donors (Lipinski definition) is 0. The fraction of sp³-hybridized carbons (Fsp3) is 0.250. The molecule has 4 rings (SSSR count). The number of carbonyl (C=O) groups is 1. The molecule has 0 bridgehead atoms. The van der Waals surface area contributed by atoms with Gasteiger partial charge < -0.3 is 18.9 Å². The molecule has 1 unspecified atom stereocenters. The molecule has 1 atom stereocenters. The maximum absolute atomic E-state index is 13.0. The maximum atomic E-state index is 13.0. The highest BCUT2D eigenvalue weighted by atomic mass is 19.4. The lowest BCUT2D eigenvalue weighted by atomic mass is 10.0. The van der Waals surface area contributed by atoms with Crippen LogP contribution in [-0.4, -0.2) is 36.3 Å². The van der Waals surface area contributed by atoms with Crippen molar-refractivity contribution in [3.8, 4) is 5.75 Å². The van der Waals surface area contributed by atoms with Gasteiger partial charge in [0.05, 0.1) is 31.2 Å². The Hall–Kier alpha value is -3.75. The predicted molar refractivity (Wildman–Crippen MR) is 114 cm³/mol. The summed E-state index contributed by atoms with van der Waals surface area (Å²) in [5, 5.41) is 4.17. The molecule has 0 radical (unpaired) electrons. The van der Waals surface area contributed by atoms with Crippen LogP contribution in [-0.2, 0) is 17.6 Å². The highest BCUT2D eigenvalue weighted by Crippen LogP contribution is 2.30. The molecule has 172 valence electrons. The third kappa shape index (κ3) is 5.19. The van der Waals surface area contributed by atoms with Gasteiger partial charge in [-0.1, -0.05) is 29.4 Å². The second-order valence-electron chi connectivity index (χ2n) is 7.53. The van der Waals surface area contributed by atoms with Crippen molar-refractivity contribution in [3.05, 3.63) is 89.4 Å². The van der Waals surface area contributed by atoms with E-state index in [1.165, 1.54) is 29.4 Å². The molecule has 6 nitrogen and oxygen atoms in total. The van der Waals surface area contributed by atoms with Crippen molar-refractivity contribution in [2.75, 3.05) is 13.7 Å². The molecule has 1 aliphatic rings. The van der Waals surface area contributed by atoms with E-state index in [4.69, 9.17) is 14.0 Å². The summed E-state index contributed by atoms with van der Waals surface area (Å²) < 4.78 is 49.3. The zero-order valence-electron chi connectivity index (χ0n) is 17.7. The minimum atomic E-state index is -4.42. The van der Waals surface area contributed by atoms with Gasteiger partial charge in [-0.25, -0.2) is 0 Å². The second-order valence-corrected chi connectivity index (χ2v) is 7.53. The molecule has 0 saturated carbocycles. The molecule has 0 aliphatic carbocycles. The smallest absolute Gasteiger partial charge is 0.416 e. The SMILES string of the molecule is COc1ccccc1C1=NOC(CN(Cc2ccc(C(F)(F)F)cc2)C(=O)c2ccco2)C1. The minimum absolute atomic E-state index is 0.0848. The van der Waals surface area contributed by atoms with Gasteiger partial charge in [-0.2, -0.15) is 13.2 Å². The summed E-state index contributed by atoms with van der Waals surface area (Å²) in [5.74, 6) is 0.397. The van der Waals surface area contributed by atoms with Gasteiger partial charge in [0, 0.05) is 18.5 Å². The molecule has 9 heteroatoms. The Bertz CT molecular complexity index is 1130. The largest absolute Gasteiger partial charge is 0.496 e. The third-order valence-corrected chi connectivity index (χ3v) is 5.25. The Morgan fingerprint density at radius 2 is 1.88 bits per heavy atom. The summed E-state index contributed by atoms with van der Waals surface area (Å²) in [5.41, 5.74) is 1.29. The molecule has 1 aliphatic heterocycles. The van der Waals surface area contributed by atoms with Crippen LogP contribution in [0.1, 0.15) is 33.7 Å². The van der Waals surface area contributed by atoms with Gasteiger partial charge in [-0.3, -0.25) is 4.79 Å². The summed E-state index contributed by atoms with van der Waals surface area (Å²) in [7, 11) is 1.57. The van der Waals surface area contributed by atoms with Crippen LogP contribution in [0.2, 0.25) is 0 Å². The van der Waals surface area contributed by atoms with E-state index in [-0.39, 0.29) is 18.8 Å². The van der Waals surface area contributed by atoms with Crippen LogP contribution in [0, 0.1) is 0 Å². The fourth-order valence-corrected chi connectivity index (χ4v) is 3.61. The van der Waals surface area contributed by atoms with Crippen molar-refractivity contribution >= 4 is 11.6 Å². The maximum Gasteiger partial charge on any atom is 0.416 e. The predicted octanol–water partition coefficient (Wildman–Crippen LogP) is 5.14. The van der Waals surface area contributed by atoms with Crippen molar-refractivity contribution in [1.29, 1.82) is 0 Å². The zero-order valence-corrected chi connectivity index (χ0v) is 17.7. The van der Waals surface area contributed by atoms with Gasteiger partial charge >= 0.3 is 6.18 Å². The summed E-state index contributed by atoms with van der Waals surface area (Å²) in [4.78, 5) is 20.1. The van der Waals surface area contributed by atoms with Gasteiger partial charge in [0.2, 0.25) is 0 Å². The number of ether oxygens (including phenoxy) is 1. The van der Waals surface area contributed by atoms with E-state index in [2.05, 4.69) is 5.16 Å². The number of hydrogen-bond acceptors (Lipinski definition) is 5. The number of methoxy groups -OCH3 is 1. The number of rotatable bonds is 7. The Kier molecular flexibility index (Phi) is 6.39. The quantitative estimate of drug-likeness (QED) is 0.492. The van der Waals surface area contributed by atoms with Gasteiger partial charge in [0.15, 0.2) is 11.9 Å². The van der Waals surface area contributed by atoms with Crippen LogP contribution in [0.25, 0.3) is 0 Å². The van der Waals surface area contributed by atoms with E-state index in [0.717, 1.165) is 17.7 Å². The number of halogens is 3. The Morgan fingerprint density at radius 1 is 1.12 bits per heavy atom. The molecule has 1 aromatic heterocycles. The molecular formula is C24H21F3N2O4. The lowest BCUT2D eigenvalue weighted by Crippen LogP contribution is -2.37. The van der Waals surface area contributed by atoms with Crippen LogP contribution in [0.5, 0.6) is 5.75 Å². The number of benzene rings is 2. The molecule has 0 N–H and O–H groups in total. The van der Waals surface area contributed by atoms with Crippen molar-refractivity contribution in [3.63, 3.8) is 0 Å². The topological polar surface area (TPSA) is 64.3 Å². The fourth-order valence-electron chi connectivity index (χ4n) is 3.61. The first kappa shape index (κ1) is 22.4. The monoisotopic (exact) mass is 458 g/mol. The third-order valence-electron chi connectivity index (χ3n) is 5.25. The molecule has 0 saturated heterocycles. The van der Waals surface area contributed by atoms with Gasteiger partial charge in [-0.05, 0) is 42.0 Å². The average molecular weight is 458 g/mol. The van der Waals surface area contributed by atoms with Crippen LogP contribution in [0.3, 0.4) is 0 Å². The number of carbonyl (C=O) groups excluding carboxylic acids is 1. The van der Waals surface area contributed by atoms with Crippen LogP contribution in [0.4, 0.5) is 13.2 Å². The lowest BCUT2D eigenvalue weighted by molar-refractivity contribution is -0.137. The molecule has 3 aromatic rings. The number of alkyl halides is 3. The molecule has 2 aromatic carbocycles. The average Bonchev–Trinajstić information content (AvgIpc) is 3.50. The van der Waals surface area contributed by atoms with Gasteiger partial charge in [0.25, 0.3) is 5.91 Å². The molecule has 0 fully saturated rings. The number of furan rings is 1. The van der Waals surface area contributed by atoms with Crippen LogP contribution < -0.4 is 4.74 Å². The summed E-state index contributed by atoms with van der Waals surface area (Å²) >= 11 is 0.